The van der Waals surface area contributed by atoms with Gasteiger partial charge in [-0.25, -0.2) is 4.68 Å². The Morgan fingerprint density at radius 1 is 1.10 bits per heavy atom. The number of fused-ring (bicyclic) bond motifs is 2. The summed E-state index contributed by atoms with van der Waals surface area (Å²) in [7, 11) is 1.62. The topological polar surface area (TPSA) is 94.9 Å². The standard InChI is InChI=1S/C31H29ClN4O5S/c1-39-15-7-14-33-26(37)17-35-27(38)18-42-30(21-12-13-24-25(16-21)41-19-40-24)28-29(20-8-3-2-4-9-20)34-36(31(28)35)23-11-6-5-10-22(23)32/h2-6,8-13,16,30H,7,14-15,17-19H2,1H3,(H,33,37)/t30-/m0/s1. The number of nitrogens with zero attached hydrogens (tertiary/aromatic N) is 3. The van der Waals surface area contributed by atoms with Crippen molar-refractivity contribution in [3.05, 3.63) is 88.9 Å². The van der Waals surface area contributed by atoms with Gasteiger partial charge in [0.1, 0.15) is 12.4 Å². The number of hydrogen-bond donors (Lipinski definition) is 1. The molecule has 3 aromatic carbocycles. The van der Waals surface area contributed by atoms with Crippen LogP contribution in [0.4, 0.5) is 5.82 Å². The van der Waals surface area contributed by atoms with Crippen LogP contribution in [0.1, 0.15) is 22.8 Å². The van der Waals surface area contributed by atoms with Crippen molar-refractivity contribution >= 4 is 41.0 Å². The summed E-state index contributed by atoms with van der Waals surface area (Å²) in [5.41, 5.74) is 3.92. The number of amides is 2. The first-order valence-electron chi connectivity index (χ1n) is 13.6. The van der Waals surface area contributed by atoms with Crippen molar-refractivity contribution in [2.75, 3.05) is 44.3 Å². The summed E-state index contributed by atoms with van der Waals surface area (Å²) in [5, 5.41) is 8.16. The van der Waals surface area contributed by atoms with Crippen LogP contribution in [0.5, 0.6) is 11.5 Å². The van der Waals surface area contributed by atoms with Gasteiger partial charge in [0.15, 0.2) is 11.5 Å². The Morgan fingerprint density at radius 2 is 1.88 bits per heavy atom. The number of thioether (sulfide) groups is 1. The van der Waals surface area contributed by atoms with Crippen LogP contribution >= 0.6 is 23.4 Å². The summed E-state index contributed by atoms with van der Waals surface area (Å²) in [6.45, 7) is 0.959. The Kier molecular flexibility index (Phi) is 8.36. The summed E-state index contributed by atoms with van der Waals surface area (Å²) in [6.07, 6.45) is 0.666. The van der Waals surface area contributed by atoms with E-state index in [4.69, 9.17) is 30.9 Å². The van der Waals surface area contributed by atoms with Crippen LogP contribution < -0.4 is 19.7 Å². The molecule has 42 heavy (non-hydrogen) atoms. The van der Waals surface area contributed by atoms with Gasteiger partial charge in [0.25, 0.3) is 0 Å². The fraction of sp³-hybridized carbons (Fsp3) is 0.258. The van der Waals surface area contributed by atoms with Crippen molar-refractivity contribution in [3.8, 4) is 28.4 Å². The van der Waals surface area contributed by atoms with E-state index in [-0.39, 0.29) is 36.2 Å². The highest BCUT2D eigenvalue weighted by molar-refractivity contribution is 8.00. The van der Waals surface area contributed by atoms with Crippen molar-refractivity contribution in [1.82, 2.24) is 15.1 Å². The zero-order chi connectivity index (χ0) is 29.1. The second-order valence-electron chi connectivity index (χ2n) is 9.80. The molecular formula is C31H29ClN4O5S. The highest BCUT2D eigenvalue weighted by Gasteiger charge is 2.38. The van der Waals surface area contributed by atoms with E-state index < -0.39 is 0 Å². The van der Waals surface area contributed by atoms with Crippen molar-refractivity contribution in [2.24, 2.45) is 0 Å². The van der Waals surface area contributed by atoms with Crippen molar-refractivity contribution in [3.63, 3.8) is 0 Å². The molecule has 0 spiro atoms. The quantitative estimate of drug-likeness (QED) is 0.261. The predicted molar refractivity (Wildman–Crippen MR) is 163 cm³/mol. The van der Waals surface area contributed by atoms with Crippen LogP contribution in [0.25, 0.3) is 16.9 Å². The first-order valence-corrected chi connectivity index (χ1v) is 15.0. The van der Waals surface area contributed by atoms with Gasteiger partial charge < -0.3 is 19.5 Å². The largest absolute Gasteiger partial charge is 0.454 e. The van der Waals surface area contributed by atoms with Crippen LogP contribution in [0.15, 0.2) is 72.8 Å². The monoisotopic (exact) mass is 604 g/mol. The van der Waals surface area contributed by atoms with E-state index in [9.17, 15) is 9.59 Å². The molecule has 1 atom stereocenters. The zero-order valence-corrected chi connectivity index (χ0v) is 24.5. The molecule has 4 aromatic rings. The molecule has 11 heteroatoms. The third-order valence-corrected chi connectivity index (χ3v) is 8.64. The second-order valence-corrected chi connectivity index (χ2v) is 11.3. The molecule has 0 bridgehead atoms. The van der Waals surface area contributed by atoms with Crippen LogP contribution in [-0.2, 0) is 14.3 Å². The lowest BCUT2D eigenvalue weighted by Gasteiger charge is -2.23. The maximum atomic E-state index is 13.9. The number of ether oxygens (including phenoxy) is 3. The van der Waals surface area contributed by atoms with E-state index in [1.807, 2.05) is 66.7 Å². The van der Waals surface area contributed by atoms with E-state index in [2.05, 4.69) is 5.32 Å². The van der Waals surface area contributed by atoms with Gasteiger partial charge in [0, 0.05) is 31.4 Å². The zero-order valence-electron chi connectivity index (χ0n) is 22.9. The fourth-order valence-electron chi connectivity index (χ4n) is 5.10. The molecule has 0 unspecified atom stereocenters. The minimum Gasteiger partial charge on any atom is -0.454 e. The normalized spacial score (nSPS) is 15.8. The van der Waals surface area contributed by atoms with E-state index in [1.165, 1.54) is 16.7 Å². The number of carbonyl (C=O) groups excluding carboxylic acids is 2. The lowest BCUT2D eigenvalue weighted by molar-refractivity contribution is -0.122. The van der Waals surface area contributed by atoms with Gasteiger partial charge in [0.2, 0.25) is 18.6 Å². The minimum atomic E-state index is -0.306. The van der Waals surface area contributed by atoms with Gasteiger partial charge in [-0.1, -0.05) is 60.1 Å². The van der Waals surface area contributed by atoms with E-state index in [0.717, 1.165) is 16.7 Å². The summed E-state index contributed by atoms with van der Waals surface area (Å²) in [4.78, 5) is 28.6. The van der Waals surface area contributed by atoms with Crippen molar-refractivity contribution in [2.45, 2.75) is 11.7 Å². The molecule has 1 aromatic heterocycles. The Balaban J connectivity index is 1.54. The molecule has 9 nitrogen and oxygen atoms in total. The molecule has 0 saturated carbocycles. The van der Waals surface area contributed by atoms with Crippen LogP contribution in [0.2, 0.25) is 5.02 Å². The third-order valence-electron chi connectivity index (χ3n) is 7.07. The Labute approximate surface area is 252 Å². The number of para-hydroxylation sites is 1. The molecule has 0 saturated heterocycles. The maximum Gasteiger partial charge on any atom is 0.240 e. The number of nitrogens with one attached hydrogen (secondary N) is 1. The molecule has 2 aliphatic rings. The average Bonchev–Trinajstić information content (AvgIpc) is 3.61. The number of aromatic nitrogens is 2. The molecule has 0 aliphatic carbocycles. The van der Waals surface area contributed by atoms with Gasteiger partial charge in [-0.15, -0.1) is 11.8 Å². The number of anilines is 1. The third kappa shape index (κ3) is 5.57. The Morgan fingerprint density at radius 3 is 2.69 bits per heavy atom. The van der Waals surface area contributed by atoms with E-state index in [1.54, 1.807) is 17.9 Å². The molecule has 2 amide bonds. The van der Waals surface area contributed by atoms with Crippen LogP contribution in [0.3, 0.4) is 0 Å². The van der Waals surface area contributed by atoms with E-state index in [0.29, 0.717) is 53.3 Å². The molecular weight excluding hydrogens is 576 g/mol. The fourth-order valence-corrected chi connectivity index (χ4v) is 6.51. The Bertz CT molecular complexity index is 1610. The smallest absolute Gasteiger partial charge is 0.240 e. The van der Waals surface area contributed by atoms with Crippen LogP contribution in [0, 0.1) is 0 Å². The number of hydrogen-bond acceptors (Lipinski definition) is 7. The molecule has 6 rings (SSSR count). The molecule has 1 N–H and O–H groups in total. The van der Waals surface area contributed by atoms with Crippen molar-refractivity contribution in [1.29, 1.82) is 0 Å². The highest BCUT2D eigenvalue weighted by atomic mass is 35.5. The number of benzene rings is 3. The van der Waals surface area contributed by atoms with Gasteiger partial charge >= 0.3 is 0 Å². The second kappa shape index (κ2) is 12.5. The first kappa shape index (κ1) is 28.1. The Hall–Kier alpha value is -3.99. The number of rotatable bonds is 9. The summed E-state index contributed by atoms with van der Waals surface area (Å²) >= 11 is 8.20. The number of methoxy groups -OCH3 is 1. The van der Waals surface area contributed by atoms with Crippen molar-refractivity contribution < 1.29 is 23.8 Å². The summed E-state index contributed by atoms with van der Waals surface area (Å²) in [6, 6.07) is 23.0. The van der Waals surface area contributed by atoms with Crippen LogP contribution in [-0.4, -0.2) is 60.9 Å². The minimum absolute atomic E-state index is 0.154. The first-order chi connectivity index (χ1) is 20.5. The number of halogens is 1. The van der Waals surface area contributed by atoms with Gasteiger partial charge in [0.05, 0.1) is 27.4 Å². The molecule has 0 fully saturated rings. The summed E-state index contributed by atoms with van der Waals surface area (Å²) in [5.74, 6) is 1.51. The highest BCUT2D eigenvalue weighted by Crippen LogP contribution is 2.50. The van der Waals surface area contributed by atoms with Gasteiger partial charge in [-0.3, -0.25) is 14.5 Å². The maximum absolute atomic E-state index is 13.9. The molecule has 3 heterocycles. The molecule has 216 valence electrons. The summed E-state index contributed by atoms with van der Waals surface area (Å²) < 4.78 is 18.0. The average molecular weight is 605 g/mol. The van der Waals surface area contributed by atoms with Gasteiger partial charge in [-0.05, 0) is 36.2 Å². The lowest BCUT2D eigenvalue weighted by atomic mass is 9.99. The SMILES string of the molecule is COCCCNC(=O)CN1C(=O)CS[C@@H](c2ccc3c(c2)OCO3)c2c(-c3ccccc3)nn(-c3ccccc3Cl)c21. The van der Waals surface area contributed by atoms with Gasteiger partial charge in [-0.2, -0.15) is 5.10 Å². The predicted octanol–water partition coefficient (Wildman–Crippen LogP) is 5.24. The molecule has 0 radical (unpaired) electrons. The number of carbonyl (C=O) groups is 2. The molecule has 2 aliphatic heterocycles. The van der Waals surface area contributed by atoms with E-state index >= 15 is 0 Å². The lowest BCUT2D eigenvalue weighted by Crippen LogP contribution is -2.42.